The van der Waals surface area contributed by atoms with Crippen LogP contribution in [0.4, 0.5) is 11.5 Å². The number of hydrogen-bond donors (Lipinski definition) is 3. The molecule has 0 saturated heterocycles. The number of nitrogen functional groups attached to an aromatic ring is 1. The van der Waals surface area contributed by atoms with Gasteiger partial charge in [-0.3, -0.25) is 9.59 Å². The Morgan fingerprint density at radius 1 is 1.10 bits per heavy atom. The van der Waals surface area contributed by atoms with Crippen molar-refractivity contribution in [2.24, 2.45) is 0 Å². The highest BCUT2D eigenvalue weighted by atomic mass is 16.2. The Labute approximate surface area is 182 Å². The van der Waals surface area contributed by atoms with Gasteiger partial charge in [0.05, 0.1) is 17.3 Å². The SMILES string of the molecule is Cc1ccn(NCC(C)c2ccccc2)c(=O)c1C(C)C(=O)Nc1ccc(N)nc1C. The highest BCUT2D eigenvalue weighted by Gasteiger charge is 2.22. The van der Waals surface area contributed by atoms with Crippen molar-refractivity contribution in [2.45, 2.75) is 39.5 Å². The molecule has 0 aliphatic heterocycles. The average molecular weight is 420 g/mol. The molecule has 7 nitrogen and oxygen atoms in total. The van der Waals surface area contributed by atoms with E-state index in [9.17, 15) is 9.59 Å². The molecule has 2 atom stereocenters. The van der Waals surface area contributed by atoms with E-state index in [0.29, 0.717) is 29.3 Å². The summed E-state index contributed by atoms with van der Waals surface area (Å²) < 4.78 is 1.46. The highest BCUT2D eigenvalue weighted by Crippen LogP contribution is 2.20. The molecule has 0 radical (unpaired) electrons. The molecular weight excluding hydrogens is 390 g/mol. The van der Waals surface area contributed by atoms with Crippen LogP contribution < -0.4 is 22.0 Å². The number of carbonyl (C=O) groups is 1. The van der Waals surface area contributed by atoms with Gasteiger partial charge in [-0.25, -0.2) is 9.66 Å². The second-order valence-corrected chi connectivity index (χ2v) is 7.84. The second-order valence-electron chi connectivity index (χ2n) is 7.84. The predicted molar refractivity (Wildman–Crippen MR) is 125 cm³/mol. The van der Waals surface area contributed by atoms with Crippen molar-refractivity contribution in [3.8, 4) is 0 Å². The summed E-state index contributed by atoms with van der Waals surface area (Å²) in [6, 6.07) is 15.3. The minimum atomic E-state index is -0.634. The van der Waals surface area contributed by atoms with Crippen LogP contribution in [0.1, 0.15) is 48.1 Å². The standard InChI is InChI=1S/C24H29N5O2/c1-15-12-13-29(26-14-16(2)19-8-6-5-7-9-19)24(31)22(15)17(3)23(30)28-20-10-11-21(25)27-18(20)4/h5-13,16-17,26H,14H2,1-4H3,(H2,25,27)(H,28,30). The Bertz CT molecular complexity index is 1120. The quantitative estimate of drug-likeness (QED) is 0.544. The van der Waals surface area contributed by atoms with Crippen molar-refractivity contribution in [1.82, 2.24) is 9.66 Å². The van der Waals surface area contributed by atoms with E-state index in [1.165, 1.54) is 10.2 Å². The Hall–Kier alpha value is -3.61. The number of rotatable bonds is 7. The molecule has 3 aromatic rings. The van der Waals surface area contributed by atoms with Crippen molar-refractivity contribution in [3.05, 3.63) is 87.5 Å². The van der Waals surface area contributed by atoms with E-state index in [2.05, 4.69) is 34.8 Å². The number of aryl methyl sites for hydroxylation is 2. The van der Waals surface area contributed by atoms with E-state index in [4.69, 9.17) is 5.73 Å². The second kappa shape index (κ2) is 9.47. The monoisotopic (exact) mass is 419 g/mol. The summed E-state index contributed by atoms with van der Waals surface area (Å²) in [5, 5.41) is 2.86. The van der Waals surface area contributed by atoms with Gasteiger partial charge in [-0.1, -0.05) is 37.3 Å². The van der Waals surface area contributed by atoms with Gasteiger partial charge in [0.15, 0.2) is 0 Å². The number of anilines is 2. The van der Waals surface area contributed by atoms with Crippen molar-refractivity contribution in [1.29, 1.82) is 0 Å². The lowest BCUT2D eigenvalue weighted by Crippen LogP contribution is -2.35. The third-order valence-corrected chi connectivity index (χ3v) is 5.48. The molecule has 2 aromatic heterocycles. The van der Waals surface area contributed by atoms with Crippen LogP contribution in [-0.2, 0) is 4.79 Å². The lowest BCUT2D eigenvalue weighted by molar-refractivity contribution is -0.117. The van der Waals surface area contributed by atoms with Gasteiger partial charge in [-0.15, -0.1) is 0 Å². The molecule has 2 heterocycles. The van der Waals surface area contributed by atoms with E-state index in [1.807, 2.05) is 31.2 Å². The molecule has 0 saturated carbocycles. The van der Waals surface area contributed by atoms with Crippen molar-refractivity contribution in [2.75, 3.05) is 23.0 Å². The fraction of sp³-hybridized carbons (Fsp3) is 0.292. The fourth-order valence-electron chi connectivity index (χ4n) is 3.51. The molecule has 4 N–H and O–H groups in total. The number of pyridine rings is 2. The molecule has 162 valence electrons. The highest BCUT2D eigenvalue weighted by molar-refractivity contribution is 5.96. The van der Waals surface area contributed by atoms with Crippen LogP contribution in [-0.4, -0.2) is 22.1 Å². The maximum absolute atomic E-state index is 13.1. The van der Waals surface area contributed by atoms with Gasteiger partial charge < -0.3 is 16.5 Å². The molecule has 0 fully saturated rings. The maximum atomic E-state index is 13.1. The minimum Gasteiger partial charge on any atom is -0.384 e. The zero-order valence-electron chi connectivity index (χ0n) is 18.3. The summed E-state index contributed by atoms with van der Waals surface area (Å²) in [4.78, 5) is 30.2. The normalized spacial score (nSPS) is 12.8. The van der Waals surface area contributed by atoms with Crippen molar-refractivity contribution in [3.63, 3.8) is 0 Å². The molecule has 7 heteroatoms. The zero-order chi connectivity index (χ0) is 22.5. The average Bonchev–Trinajstić information content (AvgIpc) is 2.75. The van der Waals surface area contributed by atoms with Crippen LogP contribution >= 0.6 is 0 Å². The lowest BCUT2D eigenvalue weighted by Gasteiger charge is -2.19. The summed E-state index contributed by atoms with van der Waals surface area (Å²) in [5.41, 5.74) is 12.3. The number of hydrogen-bond acceptors (Lipinski definition) is 5. The first-order valence-corrected chi connectivity index (χ1v) is 10.3. The summed E-state index contributed by atoms with van der Waals surface area (Å²) >= 11 is 0. The lowest BCUT2D eigenvalue weighted by atomic mass is 9.97. The molecule has 1 amide bonds. The summed E-state index contributed by atoms with van der Waals surface area (Å²) in [6.45, 7) is 8.03. The third-order valence-electron chi connectivity index (χ3n) is 5.48. The molecule has 1 aromatic carbocycles. The van der Waals surface area contributed by atoms with Crippen LogP contribution in [0.25, 0.3) is 0 Å². The first-order valence-electron chi connectivity index (χ1n) is 10.3. The number of nitrogens with zero attached hydrogens (tertiary/aromatic N) is 2. The van der Waals surface area contributed by atoms with Crippen LogP contribution in [0.2, 0.25) is 0 Å². The van der Waals surface area contributed by atoms with Gasteiger partial charge in [0.2, 0.25) is 5.91 Å². The van der Waals surface area contributed by atoms with E-state index < -0.39 is 5.92 Å². The molecule has 31 heavy (non-hydrogen) atoms. The molecule has 0 aliphatic carbocycles. The number of nitrogens with two attached hydrogens (primary N) is 1. The van der Waals surface area contributed by atoms with Gasteiger partial charge in [-0.2, -0.15) is 0 Å². The predicted octanol–water partition coefficient (Wildman–Crippen LogP) is 3.53. The fourth-order valence-corrected chi connectivity index (χ4v) is 3.51. The molecule has 2 unspecified atom stereocenters. The number of benzene rings is 1. The van der Waals surface area contributed by atoms with Crippen LogP contribution in [0.15, 0.2) is 59.5 Å². The zero-order valence-corrected chi connectivity index (χ0v) is 18.3. The van der Waals surface area contributed by atoms with Gasteiger partial charge >= 0.3 is 0 Å². The molecule has 3 rings (SSSR count). The van der Waals surface area contributed by atoms with Crippen LogP contribution in [0, 0.1) is 13.8 Å². The minimum absolute atomic E-state index is 0.222. The topological polar surface area (TPSA) is 102 Å². The largest absolute Gasteiger partial charge is 0.384 e. The van der Waals surface area contributed by atoms with Gasteiger partial charge in [0.25, 0.3) is 5.56 Å². The Morgan fingerprint density at radius 2 is 1.81 bits per heavy atom. The molecule has 0 aliphatic rings. The third kappa shape index (κ3) is 5.12. The molecule has 0 spiro atoms. The van der Waals surface area contributed by atoms with Crippen LogP contribution in [0.5, 0.6) is 0 Å². The summed E-state index contributed by atoms with van der Waals surface area (Å²) in [7, 11) is 0. The Morgan fingerprint density at radius 3 is 2.48 bits per heavy atom. The van der Waals surface area contributed by atoms with E-state index >= 15 is 0 Å². The number of carbonyl (C=O) groups excluding carboxylic acids is 1. The first-order chi connectivity index (χ1) is 14.8. The van der Waals surface area contributed by atoms with E-state index in [1.54, 1.807) is 32.2 Å². The Kier molecular flexibility index (Phi) is 6.74. The first kappa shape index (κ1) is 22.1. The number of amides is 1. The van der Waals surface area contributed by atoms with E-state index in [-0.39, 0.29) is 17.4 Å². The smallest absolute Gasteiger partial charge is 0.273 e. The van der Waals surface area contributed by atoms with Gasteiger partial charge in [0.1, 0.15) is 5.82 Å². The van der Waals surface area contributed by atoms with Crippen molar-refractivity contribution >= 4 is 17.4 Å². The Balaban J connectivity index is 1.77. The van der Waals surface area contributed by atoms with Gasteiger partial charge in [0, 0.05) is 18.3 Å². The molecular formula is C24H29N5O2. The number of aromatic nitrogens is 2. The summed E-state index contributed by atoms with van der Waals surface area (Å²) in [5.74, 6) is -0.295. The number of nitrogens with one attached hydrogen (secondary N) is 2. The van der Waals surface area contributed by atoms with E-state index in [0.717, 1.165) is 5.56 Å². The maximum Gasteiger partial charge on any atom is 0.273 e. The summed E-state index contributed by atoms with van der Waals surface area (Å²) in [6.07, 6.45) is 1.71. The van der Waals surface area contributed by atoms with Crippen molar-refractivity contribution < 1.29 is 4.79 Å². The van der Waals surface area contributed by atoms with Gasteiger partial charge in [-0.05, 0) is 56.0 Å². The molecule has 0 bridgehead atoms. The van der Waals surface area contributed by atoms with Crippen LogP contribution in [0.3, 0.4) is 0 Å².